The van der Waals surface area contributed by atoms with Crippen molar-refractivity contribution in [3.05, 3.63) is 0 Å². The van der Waals surface area contributed by atoms with E-state index in [9.17, 15) is 9.59 Å². The summed E-state index contributed by atoms with van der Waals surface area (Å²) in [4.78, 5) is 22.6. The summed E-state index contributed by atoms with van der Waals surface area (Å²) in [7, 11) is 0. The van der Waals surface area contributed by atoms with Crippen molar-refractivity contribution in [1.82, 2.24) is 10.6 Å². The summed E-state index contributed by atoms with van der Waals surface area (Å²) in [5, 5.41) is 14.4. The number of thioether (sulfide) groups is 1. The van der Waals surface area contributed by atoms with Crippen LogP contribution >= 0.6 is 11.8 Å². The fourth-order valence-electron chi connectivity index (χ4n) is 1.71. The SMILES string of the molecule is CCSCC(C)NC(=O)NC1COCC1C(=O)O. The Morgan fingerprint density at radius 3 is 2.83 bits per heavy atom. The minimum absolute atomic E-state index is 0.0561. The van der Waals surface area contributed by atoms with Crippen molar-refractivity contribution in [2.75, 3.05) is 24.7 Å². The van der Waals surface area contributed by atoms with Crippen LogP contribution in [-0.4, -0.2) is 53.9 Å². The second kappa shape index (κ2) is 7.48. The smallest absolute Gasteiger partial charge is 0.315 e. The summed E-state index contributed by atoms with van der Waals surface area (Å²) in [5.74, 6) is 0.252. The molecule has 3 N–H and O–H groups in total. The van der Waals surface area contributed by atoms with Gasteiger partial charge in [-0.25, -0.2) is 4.79 Å². The van der Waals surface area contributed by atoms with E-state index in [4.69, 9.17) is 9.84 Å². The first-order valence-electron chi connectivity index (χ1n) is 6.00. The molecule has 1 aliphatic heterocycles. The van der Waals surface area contributed by atoms with Crippen LogP contribution in [0, 0.1) is 5.92 Å². The van der Waals surface area contributed by atoms with Crippen LogP contribution in [0.1, 0.15) is 13.8 Å². The summed E-state index contributed by atoms with van der Waals surface area (Å²) in [5.41, 5.74) is 0. The minimum Gasteiger partial charge on any atom is -0.481 e. The first-order chi connectivity index (χ1) is 8.54. The fraction of sp³-hybridized carbons (Fsp3) is 0.818. The number of carbonyl (C=O) groups excluding carboxylic acids is 1. The highest BCUT2D eigenvalue weighted by Crippen LogP contribution is 2.13. The molecule has 2 amide bonds. The van der Waals surface area contributed by atoms with Gasteiger partial charge in [-0.05, 0) is 12.7 Å². The van der Waals surface area contributed by atoms with Crippen LogP contribution in [0.25, 0.3) is 0 Å². The zero-order valence-electron chi connectivity index (χ0n) is 10.6. The highest BCUT2D eigenvalue weighted by molar-refractivity contribution is 7.99. The third-order valence-corrected chi connectivity index (χ3v) is 3.81. The number of nitrogens with one attached hydrogen (secondary N) is 2. The maximum atomic E-state index is 11.7. The topological polar surface area (TPSA) is 87.7 Å². The molecule has 0 aromatic heterocycles. The van der Waals surface area contributed by atoms with Crippen LogP contribution in [0.5, 0.6) is 0 Å². The molecule has 0 saturated carbocycles. The lowest BCUT2D eigenvalue weighted by Crippen LogP contribution is -2.49. The van der Waals surface area contributed by atoms with Crippen LogP contribution < -0.4 is 10.6 Å². The number of carboxylic acids is 1. The summed E-state index contributed by atoms with van der Waals surface area (Å²) < 4.78 is 5.07. The van der Waals surface area contributed by atoms with Crippen molar-refractivity contribution >= 4 is 23.8 Å². The third kappa shape index (κ3) is 4.73. The quantitative estimate of drug-likeness (QED) is 0.658. The molecule has 1 saturated heterocycles. The van der Waals surface area contributed by atoms with Gasteiger partial charge in [0.25, 0.3) is 0 Å². The number of carboxylic acid groups (broad SMARTS) is 1. The summed E-state index contributed by atoms with van der Waals surface area (Å²) in [6.45, 7) is 4.39. The molecular formula is C11H20N2O4S. The van der Waals surface area contributed by atoms with Crippen LogP contribution in [0.3, 0.4) is 0 Å². The molecule has 3 atom stereocenters. The van der Waals surface area contributed by atoms with Crippen molar-refractivity contribution < 1.29 is 19.4 Å². The van der Waals surface area contributed by atoms with Crippen molar-refractivity contribution in [3.63, 3.8) is 0 Å². The number of amides is 2. The lowest BCUT2D eigenvalue weighted by molar-refractivity contribution is -0.142. The normalized spacial score (nSPS) is 24.6. The molecule has 0 aromatic carbocycles. The van der Waals surface area contributed by atoms with E-state index in [0.717, 1.165) is 11.5 Å². The molecule has 1 rings (SSSR count). The first kappa shape index (κ1) is 15.1. The molecule has 0 aromatic rings. The zero-order chi connectivity index (χ0) is 13.5. The van der Waals surface area contributed by atoms with Gasteiger partial charge in [-0.3, -0.25) is 4.79 Å². The van der Waals surface area contributed by atoms with E-state index in [0.29, 0.717) is 0 Å². The molecule has 3 unspecified atom stereocenters. The number of aliphatic carboxylic acids is 1. The van der Waals surface area contributed by atoms with E-state index in [1.165, 1.54) is 0 Å². The van der Waals surface area contributed by atoms with Crippen molar-refractivity contribution in [1.29, 1.82) is 0 Å². The molecule has 0 bridgehead atoms. The Balaban J connectivity index is 2.33. The number of rotatable bonds is 6. The predicted molar refractivity (Wildman–Crippen MR) is 69.9 cm³/mol. The highest BCUT2D eigenvalue weighted by atomic mass is 32.2. The Bertz CT molecular complexity index is 301. The van der Waals surface area contributed by atoms with Gasteiger partial charge in [0.1, 0.15) is 5.92 Å². The first-order valence-corrected chi connectivity index (χ1v) is 7.15. The second-order valence-electron chi connectivity index (χ2n) is 4.27. The Morgan fingerprint density at radius 1 is 1.50 bits per heavy atom. The Morgan fingerprint density at radius 2 is 2.22 bits per heavy atom. The van der Waals surface area contributed by atoms with Gasteiger partial charge in [0.2, 0.25) is 0 Å². The molecule has 0 aliphatic carbocycles. The number of hydrogen-bond donors (Lipinski definition) is 3. The van der Waals surface area contributed by atoms with E-state index >= 15 is 0 Å². The van der Waals surface area contributed by atoms with Gasteiger partial charge in [0.15, 0.2) is 0 Å². The Kier molecular flexibility index (Phi) is 6.28. The maximum absolute atomic E-state index is 11.7. The fourth-order valence-corrected chi connectivity index (χ4v) is 2.38. The van der Waals surface area contributed by atoms with E-state index in [2.05, 4.69) is 17.6 Å². The van der Waals surface area contributed by atoms with E-state index in [1.54, 1.807) is 11.8 Å². The van der Waals surface area contributed by atoms with Crippen molar-refractivity contribution in [2.24, 2.45) is 5.92 Å². The summed E-state index contributed by atoms with van der Waals surface area (Å²) in [6, 6.07) is -0.727. The van der Waals surface area contributed by atoms with Gasteiger partial charge in [0.05, 0.1) is 19.3 Å². The van der Waals surface area contributed by atoms with Gasteiger partial charge < -0.3 is 20.5 Å². The maximum Gasteiger partial charge on any atom is 0.315 e. The molecule has 1 heterocycles. The van der Waals surface area contributed by atoms with Crippen LogP contribution in [0.4, 0.5) is 4.79 Å². The van der Waals surface area contributed by atoms with Gasteiger partial charge >= 0.3 is 12.0 Å². The van der Waals surface area contributed by atoms with Gasteiger partial charge in [0, 0.05) is 11.8 Å². The van der Waals surface area contributed by atoms with Gasteiger partial charge in [-0.1, -0.05) is 6.92 Å². The standard InChI is InChI=1S/C11H20N2O4S/c1-3-18-6-7(2)12-11(16)13-9-5-17-4-8(9)10(14)15/h7-9H,3-6H2,1-2H3,(H,14,15)(H2,12,13,16). The van der Waals surface area contributed by atoms with Crippen LogP contribution in [0.2, 0.25) is 0 Å². The van der Waals surface area contributed by atoms with Crippen molar-refractivity contribution in [2.45, 2.75) is 25.9 Å². The highest BCUT2D eigenvalue weighted by Gasteiger charge is 2.35. The molecule has 104 valence electrons. The van der Waals surface area contributed by atoms with Crippen LogP contribution in [0.15, 0.2) is 0 Å². The monoisotopic (exact) mass is 276 g/mol. The molecule has 0 radical (unpaired) electrons. The van der Waals surface area contributed by atoms with E-state index in [-0.39, 0.29) is 25.3 Å². The molecule has 1 fully saturated rings. The predicted octanol–water partition coefficient (Wildman–Crippen LogP) is 0.527. The number of hydrogen-bond acceptors (Lipinski definition) is 4. The summed E-state index contributed by atoms with van der Waals surface area (Å²) >= 11 is 1.75. The molecule has 6 nitrogen and oxygen atoms in total. The van der Waals surface area contributed by atoms with Gasteiger partial charge in [-0.2, -0.15) is 11.8 Å². The number of carbonyl (C=O) groups is 2. The Labute approximate surface area is 111 Å². The van der Waals surface area contributed by atoms with Gasteiger partial charge in [-0.15, -0.1) is 0 Å². The molecule has 0 spiro atoms. The molecule has 18 heavy (non-hydrogen) atoms. The second-order valence-corrected chi connectivity index (χ2v) is 5.59. The molecule has 7 heteroatoms. The molecule has 1 aliphatic rings. The minimum atomic E-state index is -0.938. The average molecular weight is 276 g/mol. The number of ether oxygens (including phenoxy) is 1. The Hall–Kier alpha value is -0.950. The molecular weight excluding hydrogens is 256 g/mol. The average Bonchev–Trinajstić information content (AvgIpc) is 2.74. The zero-order valence-corrected chi connectivity index (χ0v) is 11.5. The van der Waals surface area contributed by atoms with Crippen molar-refractivity contribution in [3.8, 4) is 0 Å². The van der Waals surface area contributed by atoms with E-state index in [1.807, 2.05) is 6.92 Å². The third-order valence-electron chi connectivity index (χ3n) is 2.66. The van der Waals surface area contributed by atoms with Crippen LogP contribution in [-0.2, 0) is 9.53 Å². The lowest BCUT2D eigenvalue weighted by Gasteiger charge is -2.19. The summed E-state index contributed by atoms with van der Waals surface area (Å²) in [6.07, 6.45) is 0. The number of urea groups is 1. The largest absolute Gasteiger partial charge is 0.481 e. The van der Waals surface area contributed by atoms with E-state index < -0.39 is 17.9 Å². The lowest BCUT2D eigenvalue weighted by atomic mass is 10.0.